The molecule has 0 radical (unpaired) electrons. The van der Waals surface area contributed by atoms with Crippen molar-refractivity contribution in [2.75, 3.05) is 20.1 Å². The van der Waals surface area contributed by atoms with Gasteiger partial charge in [0.05, 0.1) is 6.20 Å². The Morgan fingerprint density at radius 1 is 1.42 bits per heavy atom. The number of likely N-dealkylation sites (tertiary alicyclic amines) is 1. The highest BCUT2D eigenvalue weighted by molar-refractivity contribution is 7.89. The number of nitrogens with zero attached hydrogens (tertiary/aromatic N) is 3. The summed E-state index contributed by atoms with van der Waals surface area (Å²) in [5.74, 6) is 0.319. The lowest BCUT2D eigenvalue weighted by Gasteiger charge is -2.15. The van der Waals surface area contributed by atoms with Gasteiger partial charge in [-0.25, -0.2) is 13.1 Å². The molecule has 0 unspecified atom stereocenters. The van der Waals surface area contributed by atoms with Gasteiger partial charge in [0.2, 0.25) is 10.0 Å². The number of hydrogen-bond donors (Lipinski definition) is 1. The molecule has 1 N–H and O–H groups in total. The zero-order valence-electron chi connectivity index (χ0n) is 11.9. The molecule has 2 rings (SSSR count). The van der Waals surface area contributed by atoms with Gasteiger partial charge in [-0.05, 0) is 26.8 Å². The average molecular weight is 286 g/mol. The molecule has 7 heteroatoms. The van der Waals surface area contributed by atoms with Crippen molar-refractivity contribution in [3.05, 3.63) is 12.4 Å². The van der Waals surface area contributed by atoms with Crippen LogP contribution in [0.15, 0.2) is 17.3 Å². The maximum absolute atomic E-state index is 12.3. The molecule has 0 spiro atoms. The normalized spacial score (nSPS) is 25.3. The highest BCUT2D eigenvalue weighted by Crippen LogP contribution is 2.18. The number of aromatic nitrogens is 2. The van der Waals surface area contributed by atoms with Crippen LogP contribution >= 0.6 is 0 Å². The van der Waals surface area contributed by atoms with Crippen molar-refractivity contribution in [1.29, 1.82) is 0 Å². The third-order valence-corrected chi connectivity index (χ3v) is 4.96. The summed E-state index contributed by atoms with van der Waals surface area (Å²) in [5, 5.41) is 4.08. The van der Waals surface area contributed by atoms with E-state index in [1.54, 1.807) is 10.9 Å². The predicted octanol–water partition coefficient (Wildman–Crippen LogP) is 0.692. The Labute approximate surface area is 114 Å². The molecule has 19 heavy (non-hydrogen) atoms. The molecular weight excluding hydrogens is 264 g/mol. The first-order chi connectivity index (χ1) is 8.79. The van der Waals surface area contributed by atoms with Crippen LogP contribution < -0.4 is 4.72 Å². The zero-order chi connectivity index (χ0) is 14.2. The second kappa shape index (κ2) is 5.22. The van der Waals surface area contributed by atoms with Crippen molar-refractivity contribution >= 4 is 10.0 Å². The predicted molar refractivity (Wildman–Crippen MR) is 73.4 cm³/mol. The average Bonchev–Trinajstić information content (AvgIpc) is 2.86. The van der Waals surface area contributed by atoms with Crippen LogP contribution in [0.2, 0.25) is 0 Å². The first-order valence-electron chi connectivity index (χ1n) is 6.54. The van der Waals surface area contributed by atoms with Crippen LogP contribution in [-0.2, 0) is 10.0 Å². The SMILES string of the molecule is CC(C)n1cc(S(=O)(=O)N[C@@H]2CN(C)C[C@H]2C)cn1. The lowest BCUT2D eigenvalue weighted by molar-refractivity contribution is 0.400. The fourth-order valence-electron chi connectivity index (χ4n) is 2.37. The van der Waals surface area contributed by atoms with Crippen molar-refractivity contribution < 1.29 is 8.42 Å². The fourth-order valence-corrected chi connectivity index (χ4v) is 3.65. The van der Waals surface area contributed by atoms with E-state index in [2.05, 4.69) is 21.6 Å². The molecule has 1 saturated heterocycles. The molecule has 0 saturated carbocycles. The van der Waals surface area contributed by atoms with Gasteiger partial charge in [0.25, 0.3) is 0 Å². The molecule has 1 aromatic rings. The first-order valence-corrected chi connectivity index (χ1v) is 8.03. The number of nitrogens with one attached hydrogen (secondary N) is 1. The minimum Gasteiger partial charge on any atom is -0.304 e. The quantitative estimate of drug-likeness (QED) is 0.884. The minimum absolute atomic E-state index is 0.0302. The number of sulfonamides is 1. The summed E-state index contributed by atoms with van der Waals surface area (Å²) in [6.45, 7) is 7.65. The second-order valence-corrected chi connectivity index (χ2v) is 7.39. The van der Waals surface area contributed by atoms with Crippen LogP contribution in [0.3, 0.4) is 0 Å². The van der Waals surface area contributed by atoms with Gasteiger partial charge in [0.15, 0.2) is 0 Å². The van der Waals surface area contributed by atoms with E-state index in [-0.39, 0.29) is 17.0 Å². The molecule has 1 aliphatic heterocycles. The third-order valence-electron chi connectivity index (χ3n) is 3.52. The molecule has 2 heterocycles. The molecule has 6 nitrogen and oxygen atoms in total. The van der Waals surface area contributed by atoms with Crippen LogP contribution in [0.1, 0.15) is 26.8 Å². The summed E-state index contributed by atoms with van der Waals surface area (Å²) < 4.78 is 29.0. The molecule has 2 atom stereocenters. The van der Waals surface area contributed by atoms with Crippen LogP contribution in [-0.4, -0.2) is 49.3 Å². The lowest BCUT2D eigenvalue weighted by atomic mass is 10.1. The van der Waals surface area contributed by atoms with Crippen molar-refractivity contribution in [2.24, 2.45) is 5.92 Å². The topological polar surface area (TPSA) is 67.2 Å². The molecule has 1 aliphatic rings. The van der Waals surface area contributed by atoms with Crippen molar-refractivity contribution in [3.8, 4) is 0 Å². The summed E-state index contributed by atoms with van der Waals surface area (Å²) in [6, 6.07) is 0.123. The summed E-state index contributed by atoms with van der Waals surface area (Å²) in [4.78, 5) is 2.37. The van der Waals surface area contributed by atoms with E-state index in [0.717, 1.165) is 13.1 Å². The van der Waals surface area contributed by atoms with E-state index in [1.807, 2.05) is 20.9 Å². The number of rotatable bonds is 4. The monoisotopic (exact) mass is 286 g/mol. The lowest BCUT2D eigenvalue weighted by Crippen LogP contribution is -2.39. The second-order valence-electron chi connectivity index (χ2n) is 5.68. The summed E-state index contributed by atoms with van der Waals surface area (Å²) >= 11 is 0. The molecule has 0 aliphatic carbocycles. The molecule has 0 aromatic carbocycles. The molecular formula is C12H22N4O2S. The van der Waals surface area contributed by atoms with Gasteiger partial charge in [-0.1, -0.05) is 6.92 Å². The van der Waals surface area contributed by atoms with Crippen LogP contribution in [0, 0.1) is 5.92 Å². The highest BCUT2D eigenvalue weighted by atomic mass is 32.2. The van der Waals surface area contributed by atoms with Crippen molar-refractivity contribution in [1.82, 2.24) is 19.4 Å². The van der Waals surface area contributed by atoms with E-state index >= 15 is 0 Å². The summed E-state index contributed by atoms with van der Waals surface area (Å²) in [5.41, 5.74) is 0. The van der Waals surface area contributed by atoms with E-state index < -0.39 is 10.0 Å². The Bertz CT molecular complexity index is 538. The molecule has 1 aromatic heterocycles. The Hall–Kier alpha value is -0.920. The van der Waals surface area contributed by atoms with Gasteiger partial charge in [-0.3, -0.25) is 4.68 Å². The van der Waals surface area contributed by atoms with Crippen LogP contribution in [0.4, 0.5) is 0 Å². The third kappa shape index (κ3) is 3.16. The summed E-state index contributed by atoms with van der Waals surface area (Å²) in [7, 11) is -1.47. The zero-order valence-corrected chi connectivity index (χ0v) is 12.7. The Morgan fingerprint density at radius 3 is 2.58 bits per heavy atom. The first kappa shape index (κ1) is 14.5. The maximum atomic E-state index is 12.3. The highest BCUT2D eigenvalue weighted by Gasteiger charge is 2.31. The minimum atomic E-state index is -3.47. The van der Waals surface area contributed by atoms with Gasteiger partial charge < -0.3 is 4.90 Å². The maximum Gasteiger partial charge on any atom is 0.243 e. The standard InChI is InChI=1S/C12H22N4O2S/c1-9(2)16-7-11(5-13-16)19(17,18)14-12-8-15(4)6-10(12)3/h5,7,9-10,12,14H,6,8H2,1-4H3/t10-,12-/m1/s1. The van der Waals surface area contributed by atoms with Crippen molar-refractivity contribution in [3.63, 3.8) is 0 Å². The van der Waals surface area contributed by atoms with Gasteiger partial charge in [-0.15, -0.1) is 0 Å². The van der Waals surface area contributed by atoms with E-state index in [0.29, 0.717) is 5.92 Å². The van der Waals surface area contributed by atoms with Crippen molar-refractivity contribution in [2.45, 2.75) is 37.8 Å². The Morgan fingerprint density at radius 2 is 2.11 bits per heavy atom. The molecule has 108 valence electrons. The van der Waals surface area contributed by atoms with Gasteiger partial charge in [0, 0.05) is 31.4 Å². The van der Waals surface area contributed by atoms with E-state index in [9.17, 15) is 8.42 Å². The molecule has 0 amide bonds. The smallest absolute Gasteiger partial charge is 0.243 e. The van der Waals surface area contributed by atoms with Crippen LogP contribution in [0.5, 0.6) is 0 Å². The fraction of sp³-hybridized carbons (Fsp3) is 0.750. The Balaban J connectivity index is 2.13. The van der Waals surface area contributed by atoms with Gasteiger partial charge in [-0.2, -0.15) is 5.10 Å². The van der Waals surface area contributed by atoms with Gasteiger partial charge in [0.1, 0.15) is 4.90 Å². The number of hydrogen-bond acceptors (Lipinski definition) is 4. The van der Waals surface area contributed by atoms with E-state index in [1.165, 1.54) is 6.20 Å². The molecule has 1 fully saturated rings. The Kier molecular flexibility index (Phi) is 3.98. The van der Waals surface area contributed by atoms with E-state index in [4.69, 9.17) is 0 Å². The van der Waals surface area contributed by atoms with Gasteiger partial charge >= 0.3 is 0 Å². The van der Waals surface area contributed by atoms with Crippen LogP contribution in [0.25, 0.3) is 0 Å². The number of likely N-dealkylation sites (N-methyl/N-ethyl adjacent to an activating group) is 1. The summed E-state index contributed by atoms with van der Waals surface area (Å²) in [6.07, 6.45) is 2.99. The molecule has 0 bridgehead atoms. The largest absolute Gasteiger partial charge is 0.304 e.